The minimum absolute atomic E-state index is 0.172. The molecule has 28 heavy (non-hydrogen) atoms. The minimum Gasteiger partial charge on any atom is -0.365 e. The lowest BCUT2D eigenvalue weighted by molar-refractivity contribution is -0.138. The maximum Gasteiger partial charge on any atom is 0.416 e. The van der Waals surface area contributed by atoms with Crippen LogP contribution in [0.3, 0.4) is 0 Å². The van der Waals surface area contributed by atoms with E-state index in [2.05, 4.69) is 20.6 Å². The molecule has 2 aromatic heterocycles. The van der Waals surface area contributed by atoms with Gasteiger partial charge in [0.15, 0.2) is 5.65 Å². The molecule has 1 fully saturated rings. The first kappa shape index (κ1) is 18.6. The van der Waals surface area contributed by atoms with Crippen molar-refractivity contribution in [1.29, 1.82) is 0 Å². The number of fused-ring (bicyclic) bond motifs is 1. The summed E-state index contributed by atoms with van der Waals surface area (Å²) in [6.07, 6.45) is -5.26. The number of benzene rings is 1. The molecule has 1 N–H and O–H groups in total. The second kappa shape index (κ2) is 6.99. The number of hydrogen-bond acceptors (Lipinski definition) is 4. The molecule has 0 aliphatic heterocycles. The van der Waals surface area contributed by atoms with Gasteiger partial charge in [0.25, 0.3) is 6.43 Å². The fourth-order valence-corrected chi connectivity index (χ4v) is 3.79. The van der Waals surface area contributed by atoms with Gasteiger partial charge in [-0.1, -0.05) is 24.6 Å². The highest BCUT2D eigenvalue weighted by atomic mass is 19.4. The molecule has 148 valence electrons. The van der Waals surface area contributed by atoms with Gasteiger partial charge in [-0.15, -0.1) is 15.3 Å². The zero-order valence-corrected chi connectivity index (χ0v) is 14.5. The van der Waals surface area contributed by atoms with Crippen LogP contribution >= 0.6 is 0 Å². The summed E-state index contributed by atoms with van der Waals surface area (Å²) in [4.78, 5) is 0. The van der Waals surface area contributed by atoms with E-state index in [-0.39, 0.29) is 29.0 Å². The topological polar surface area (TPSA) is 55.1 Å². The molecule has 3 aromatic rings. The van der Waals surface area contributed by atoms with E-state index in [9.17, 15) is 22.0 Å². The molecule has 0 bridgehead atoms. The number of nitrogens with zero attached hydrogens (tertiary/aromatic N) is 4. The van der Waals surface area contributed by atoms with Crippen molar-refractivity contribution in [3.8, 4) is 0 Å². The fourth-order valence-electron chi connectivity index (χ4n) is 3.79. The smallest absolute Gasteiger partial charge is 0.365 e. The van der Waals surface area contributed by atoms with Crippen molar-refractivity contribution < 1.29 is 22.0 Å². The highest BCUT2D eigenvalue weighted by Gasteiger charge is 2.38. The van der Waals surface area contributed by atoms with Crippen LogP contribution in [0.4, 0.5) is 27.8 Å². The highest BCUT2D eigenvalue weighted by molar-refractivity contribution is 5.46. The van der Waals surface area contributed by atoms with Crippen LogP contribution in [0.15, 0.2) is 36.4 Å². The summed E-state index contributed by atoms with van der Waals surface area (Å²) >= 11 is 0. The lowest BCUT2D eigenvalue weighted by atomic mass is 9.90. The molecule has 0 amide bonds. The second-order valence-electron chi connectivity index (χ2n) is 6.72. The molecule has 10 heteroatoms. The quantitative estimate of drug-likeness (QED) is 0.641. The summed E-state index contributed by atoms with van der Waals surface area (Å²) in [5.41, 5.74) is -0.231. The Kier molecular flexibility index (Phi) is 4.64. The Hall–Kier alpha value is -2.78. The molecule has 5 nitrogen and oxygen atoms in total. The van der Waals surface area contributed by atoms with Crippen LogP contribution in [0, 0.1) is 0 Å². The van der Waals surface area contributed by atoms with E-state index in [4.69, 9.17) is 0 Å². The molecule has 2 unspecified atom stereocenters. The minimum atomic E-state index is -4.43. The Morgan fingerprint density at radius 3 is 2.57 bits per heavy atom. The molecule has 2 heterocycles. The predicted octanol–water partition coefficient (Wildman–Crippen LogP) is 4.83. The molecule has 1 saturated carbocycles. The number of halogens is 5. The Bertz CT molecular complexity index is 984. The molecule has 1 aliphatic rings. The van der Waals surface area contributed by atoms with Crippen molar-refractivity contribution >= 4 is 11.5 Å². The average molecular weight is 397 g/mol. The number of alkyl halides is 5. The summed E-state index contributed by atoms with van der Waals surface area (Å²) in [7, 11) is 0. The van der Waals surface area contributed by atoms with Crippen molar-refractivity contribution in [3.63, 3.8) is 0 Å². The first-order valence-electron chi connectivity index (χ1n) is 8.78. The summed E-state index contributed by atoms with van der Waals surface area (Å²) < 4.78 is 67.2. The van der Waals surface area contributed by atoms with Crippen molar-refractivity contribution in [2.45, 2.75) is 43.8 Å². The van der Waals surface area contributed by atoms with Crippen molar-refractivity contribution in [1.82, 2.24) is 19.8 Å². The van der Waals surface area contributed by atoms with Crippen LogP contribution in [0.2, 0.25) is 0 Å². The Balaban J connectivity index is 1.64. The normalized spacial score (nSPS) is 20.2. The van der Waals surface area contributed by atoms with E-state index in [1.165, 1.54) is 18.2 Å². The van der Waals surface area contributed by atoms with Crippen LogP contribution in [0.5, 0.6) is 0 Å². The van der Waals surface area contributed by atoms with Crippen LogP contribution in [-0.4, -0.2) is 25.9 Å². The summed E-state index contributed by atoms with van der Waals surface area (Å²) in [5.74, 6) is -0.648. The SMILES string of the molecule is FC(F)c1nnc2ccc(NC3CCCC3c3ccccc3C(F)(F)F)nn12. The molecule has 2 atom stereocenters. The second-order valence-corrected chi connectivity index (χ2v) is 6.72. The average Bonchev–Trinajstić information content (AvgIpc) is 3.27. The van der Waals surface area contributed by atoms with Crippen molar-refractivity contribution in [2.75, 3.05) is 5.32 Å². The van der Waals surface area contributed by atoms with Crippen LogP contribution in [-0.2, 0) is 6.18 Å². The van der Waals surface area contributed by atoms with Crippen LogP contribution in [0.1, 0.15) is 48.6 Å². The maximum atomic E-state index is 13.4. The number of nitrogens with one attached hydrogen (secondary N) is 1. The van der Waals surface area contributed by atoms with Gasteiger partial charge in [0.05, 0.1) is 5.56 Å². The third kappa shape index (κ3) is 3.38. The van der Waals surface area contributed by atoms with Gasteiger partial charge >= 0.3 is 6.18 Å². The predicted molar refractivity (Wildman–Crippen MR) is 91.2 cm³/mol. The first-order valence-corrected chi connectivity index (χ1v) is 8.78. The lowest BCUT2D eigenvalue weighted by Gasteiger charge is -2.24. The van der Waals surface area contributed by atoms with Gasteiger partial charge in [0.2, 0.25) is 5.82 Å². The monoisotopic (exact) mass is 397 g/mol. The van der Waals surface area contributed by atoms with Crippen molar-refractivity contribution in [2.24, 2.45) is 0 Å². The Morgan fingerprint density at radius 1 is 1.04 bits per heavy atom. The van der Waals surface area contributed by atoms with Gasteiger partial charge < -0.3 is 5.32 Å². The first-order chi connectivity index (χ1) is 13.3. The molecule has 1 aliphatic carbocycles. The van der Waals surface area contributed by atoms with Gasteiger partial charge in [0, 0.05) is 12.0 Å². The Morgan fingerprint density at radius 2 is 1.82 bits per heavy atom. The largest absolute Gasteiger partial charge is 0.416 e. The molecule has 0 saturated heterocycles. The molecule has 0 radical (unpaired) electrons. The third-order valence-corrected chi connectivity index (χ3v) is 5.00. The van der Waals surface area contributed by atoms with Crippen molar-refractivity contribution in [3.05, 3.63) is 53.3 Å². The third-order valence-electron chi connectivity index (χ3n) is 5.00. The fraction of sp³-hybridized carbons (Fsp3) is 0.389. The zero-order valence-electron chi connectivity index (χ0n) is 14.5. The van der Waals surface area contributed by atoms with E-state index >= 15 is 0 Å². The lowest BCUT2D eigenvalue weighted by Crippen LogP contribution is -2.25. The van der Waals surface area contributed by atoms with E-state index in [0.717, 1.165) is 17.0 Å². The van der Waals surface area contributed by atoms with Crippen LogP contribution in [0.25, 0.3) is 5.65 Å². The van der Waals surface area contributed by atoms with E-state index < -0.39 is 24.0 Å². The summed E-state index contributed by atoms with van der Waals surface area (Å²) in [6, 6.07) is 8.30. The number of rotatable bonds is 4. The van der Waals surface area contributed by atoms with Gasteiger partial charge in [0.1, 0.15) is 5.82 Å². The molecule has 4 rings (SSSR count). The maximum absolute atomic E-state index is 13.4. The van der Waals surface area contributed by atoms with Crippen LogP contribution < -0.4 is 5.32 Å². The Labute approximate surface area is 156 Å². The summed E-state index contributed by atoms with van der Waals surface area (Å²) in [5, 5.41) is 14.3. The van der Waals surface area contributed by atoms with Gasteiger partial charge in [-0.05, 0) is 36.6 Å². The number of aromatic nitrogens is 4. The molecular formula is C18H16F5N5. The number of anilines is 1. The molecular weight excluding hydrogens is 381 g/mol. The van der Waals surface area contributed by atoms with E-state index in [0.29, 0.717) is 12.8 Å². The highest BCUT2D eigenvalue weighted by Crippen LogP contribution is 2.42. The summed E-state index contributed by atoms with van der Waals surface area (Å²) in [6.45, 7) is 0. The van der Waals surface area contributed by atoms with Gasteiger partial charge in [-0.3, -0.25) is 0 Å². The number of hydrogen-bond donors (Lipinski definition) is 1. The van der Waals surface area contributed by atoms with Gasteiger partial charge in [-0.2, -0.15) is 17.7 Å². The molecule has 1 aromatic carbocycles. The van der Waals surface area contributed by atoms with E-state index in [1.807, 2.05) is 0 Å². The standard InChI is InChI=1S/C18H16F5N5/c19-16(20)17-26-25-15-9-8-14(27-28(15)17)24-13-7-3-5-11(13)10-4-1-2-6-12(10)18(21,22)23/h1-2,4,6,8-9,11,13,16H,3,5,7H2,(H,24,27). The zero-order chi connectivity index (χ0) is 19.9. The van der Waals surface area contributed by atoms with Gasteiger partial charge in [-0.25, -0.2) is 8.78 Å². The van der Waals surface area contributed by atoms with E-state index in [1.54, 1.807) is 12.1 Å². The molecule has 0 spiro atoms.